The highest BCUT2D eigenvalue weighted by atomic mass is 16.6. The lowest BCUT2D eigenvalue weighted by molar-refractivity contribution is -0.122. The first kappa shape index (κ1) is 20.8. The minimum absolute atomic E-state index is 0.336. The van der Waals surface area contributed by atoms with Crippen LogP contribution in [0.3, 0.4) is 0 Å². The average molecular weight is 323 g/mol. The Balaban J connectivity index is 4.80. The molecular formula is C17H29N3O3. The zero-order valence-electron chi connectivity index (χ0n) is 14.9. The molecule has 0 aliphatic rings. The van der Waals surface area contributed by atoms with Crippen LogP contribution in [0, 0.1) is 0 Å². The average Bonchev–Trinajstić information content (AvgIpc) is 2.42. The summed E-state index contributed by atoms with van der Waals surface area (Å²) in [7, 11) is 0. The van der Waals surface area contributed by atoms with E-state index in [-0.39, 0.29) is 5.91 Å². The van der Waals surface area contributed by atoms with Crippen LogP contribution in [0.4, 0.5) is 4.79 Å². The van der Waals surface area contributed by atoms with E-state index in [0.717, 1.165) is 5.70 Å². The van der Waals surface area contributed by atoms with E-state index in [4.69, 9.17) is 4.74 Å². The van der Waals surface area contributed by atoms with E-state index in [0.29, 0.717) is 12.2 Å². The van der Waals surface area contributed by atoms with Crippen LogP contribution < -0.4 is 16.0 Å². The molecule has 0 spiro atoms. The molecule has 23 heavy (non-hydrogen) atoms. The van der Waals surface area contributed by atoms with Gasteiger partial charge in [-0.3, -0.25) is 4.79 Å². The number of rotatable bonds is 7. The third-order valence-corrected chi connectivity index (χ3v) is 2.61. The van der Waals surface area contributed by atoms with Crippen LogP contribution in [0.15, 0.2) is 36.2 Å². The summed E-state index contributed by atoms with van der Waals surface area (Å²) in [4.78, 5) is 23.9. The summed E-state index contributed by atoms with van der Waals surface area (Å²) in [5.41, 5.74) is 0.761. The summed E-state index contributed by atoms with van der Waals surface area (Å²) in [6, 6.07) is -0.730. The molecule has 0 radical (unpaired) electrons. The number of amides is 2. The van der Waals surface area contributed by atoms with Gasteiger partial charge in [0.2, 0.25) is 5.91 Å². The maximum atomic E-state index is 12.2. The largest absolute Gasteiger partial charge is 0.444 e. The molecule has 6 heteroatoms. The Morgan fingerprint density at radius 2 is 1.87 bits per heavy atom. The van der Waals surface area contributed by atoms with Crippen LogP contribution in [0.2, 0.25) is 0 Å². The van der Waals surface area contributed by atoms with Crippen LogP contribution in [-0.2, 0) is 9.53 Å². The molecule has 1 atom stereocenters. The van der Waals surface area contributed by atoms with Crippen molar-refractivity contribution in [2.45, 2.75) is 53.2 Å². The highest BCUT2D eigenvalue weighted by Gasteiger charge is 2.21. The summed E-state index contributed by atoms with van der Waals surface area (Å²) in [6.45, 7) is 15.0. The van der Waals surface area contributed by atoms with Gasteiger partial charge in [-0.15, -0.1) is 0 Å². The molecule has 0 aromatic heterocycles. The van der Waals surface area contributed by atoms with Gasteiger partial charge in [0, 0.05) is 6.54 Å². The second-order valence-electron chi connectivity index (χ2n) is 5.91. The Labute approximate surface area is 139 Å². The highest BCUT2D eigenvalue weighted by molar-refractivity contribution is 5.87. The predicted octanol–water partition coefficient (Wildman–Crippen LogP) is 2.60. The van der Waals surface area contributed by atoms with Crippen molar-refractivity contribution >= 4 is 12.0 Å². The second-order valence-corrected chi connectivity index (χ2v) is 5.91. The summed E-state index contributed by atoms with van der Waals surface area (Å²) in [5, 5.41) is 8.43. The quantitative estimate of drug-likeness (QED) is 0.629. The smallest absolute Gasteiger partial charge is 0.408 e. The summed E-state index contributed by atoms with van der Waals surface area (Å²) in [6.07, 6.45) is 4.55. The minimum Gasteiger partial charge on any atom is -0.444 e. The van der Waals surface area contributed by atoms with Crippen LogP contribution in [0.1, 0.15) is 41.5 Å². The first-order valence-corrected chi connectivity index (χ1v) is 7.68. The molecule has 0 aliphatic heterocycles. The number of allylic oxidation sites excluding steroid dienone is 3. The molecular weight excluding hydrogens is 294 g/mol. The number of hydrogen-bond donors (Lipinski definition) is 3. The van der Waals surface area contributed by atoms with Gasteiger partial charge in [0.15, 0.2) is 0 Å². The molecule has 0 saturated carbocycles. The third kappa shape index (κ3) is 8.70. The topological polar surface area (TPSA) is 79.5 Å². The Kier molecular flexibility index (Phi) is 8.77. The number of nitrogens with one attached hydrogen (secondary N) is 3. The van der Waals surface area contributed by atoms with Crippen molar-refractivity contribution in [2.24, 2.45) is 0 Å². The molecule has 0 fully saturated rings. The van der Waals surface area contributed by atoms with Gasteiger partial charge in [0.05, 0.1) is 11.4 Å². The Morgan fingerprint density at radius 1 is 1.26 bits per heavy atom. The van der Waals surface area contributed by atoms with Gasteiger partial charge in [-0.25, -0.2) is 4.79 Å². The third-order valence-electron chi connectivity index (χ3n) is 2.61. The van der Waals surface area contributed by atoms with E-state index < -0.39 is 17.7 Å². The number of carbonyl (C=O) groups is 2. The first-order valence-electron chi connectivity index (χ1n) is 7.68. The first-order chi connectivity index (χ1) is 10.6. The minimum atomic E-state index is -0.730. The molecule has 0 aromatic rings. The molecule has 0 heterocycles. The van der Waals surface area contributed by atoms with E-state index in [1.54, 1.807) is 45.9 Å². The fraction of sp³-hybridized carbons (Fsp3) is 0.529. The van der Waals surface area contributed by atoms with Crippen molar-refractivity contribution < 1.29 is 14.3 Å². The lowest BCUT2D eigenvalue weighted by Crippen LogP contribution is -2.46. The fourth-order valence-corrected chi connectivity index (χ4v) is 1.64. The molecule has 130 valence electrons. The van der Waals surface area contributed by atoms with Gasteiger partial charge in [-0.2, -0.15) is 0 Å². The number of likely N-dealkylation sites (N-methyl/N-ethyl adjacent to an activating group) is 1. The SMILES string of the molecule is C=C/C=C(NCC)\C(=C/C)NC(=O)C(C)NC(=O)OC(C)(C)C. The van der Waals surface area contributed by atoms with Crippen LogP contribution in [0.25, 0.3) is 0 Å². The molecule has 0 aromatic carbocycles. The highest BCUT2D eigenvalue weighted by Crippen LogP contribution is 2.07. The monoisotopic (exact) mass is 323 g/mol. The number of ether oxygens (including phenoxy) is 1. The van der Waals surface area contributed by atoms with Crippen LogP contribution in [0.5, 0.6) is 0 Å². The van der Waals surface area contributed by atoms with Crippen molar-refractivity contribution in [3.63, 3.8) is 0 Å². The molecule has 0 aliphatic carbocycles. The van der Waals surface area contributed by atoms with E-state index >= 15 is 0 Å². The lowest BCUT2D eigenvalue weighted by Gasteiger charge is -2.22. The van der Waals surface area contributed by atoms with Crippen molar-refractivity contribution in [1.29, 1.82) is 0 Å². The van der Waals surface area contributed by atoms with Crippen molar-refractivity contribution in [1.82, 2.24) is 16.0 Å². The van der Waals surface area contributed by atoms with Crippen molar-refractivity contribution in [3.05, 3.63) is 36.2 Å². The molecule has 0 bridgehead atoms. The maximum absolute atomic E-state index is 12.2. The fourth-order valence-electron chi connectivity index (χ4n) is 1.64. The zero-order chi connectivity index (χ0) is 18.0. The van der Waals surface area contributed by atoms with E-state index in [1.165, 1.54) is 0 Å². The summed E-state index contributed by atoms with van der Waals surface area (Å²) < 4.78 is 5.13. The van der Waals surface area contributed by atoms with E-state index in [2.05, 4.69) is 22.5 Å². The Bertz CT molecular complexity index is 488. The maximum Gasteiger partial charge on any atom is 0.408 e. The molecule has 6 nitrogen and oxygen atoms in total. The van der Waals surface area contributed by atoms with Crippen LogP contribution >= 0.6 is 0 Å². The number of alkyl carbamates (subject to hydrolysis) is 1. The van der Waals surface area contributed by atoms with Gasteiger partial charge >= 0.3 is 6.09 Å². The van der Waals surface area contributed by atoms with E-state index in [9.17, 15) is 9.59 Å². The molecule has 1 unspecified atom stereocenters. The normalized spacial score (nSPS) is 13.8. The van der Waals surface area contributed by atoms with Gasteiger partial charge in [-0.05, 0) is 47.6 Å². The van der Waals surface area contributed by atoms with Gasteiger partial charge < -0.3 is 20.7 Å². The second kappa shape index (κ2) is 9.71. The van der Waals surface area contributed by atoms with Gasteiger partial charge in [0.1, 0.15) is 11.6 Å². The van der Waals surface area contributed by atoms with Gasteiger partial charge in [-0.1, -0.05) is 18.7 Å². The molecule has 0 rings (SSSR count). The van der Waals surface area contributed by atoms with Crippen molar-refractivity contribution in [3.8, 4) is 0 Å². The Morgan fingerprint density at radius 3 is 2.30 bits per heavy atom. The van der Waals surface area contributed by atoms with Gasteiger partial charge in [0.25, 0.3) is 0 Å². The lowest BCUT2D eigenvalue weighted by atomic mass is 10.2. The van der Waals surface area contributed by atoms with Crippen LogP contribution in [-0.4, -0.2) is 30.2 Å². The molecule has 0 saturated heterocycles. The number of carbonyl (C=O) groups excluding carboxylic acids is 2. The zero-order valence-corrected chi connectivity index (χ0v) is 14.9. The van der Waals surface area contributed by atoms with E-state index in [1.807, 2.05) is 13.8 Å². The standard InChI is InChI=1S/C17H29N3O3/c1-8-11-14(18-10-3)13(9-2)20-15(21)12(4)19-16(22)23-17(5,6)7/h8-9,11-12,18H,1,10H2,2-7H3,(H,19,22)(H,20,21)/b13-9+,14-11+. The summed E-state index contributed by atoms with van der Waals surface area (Å²) >= 11 is 0. The summed E-state index contributed by atoms with van der Waals surface area (Å²) in [5.74, 6) is -0.336. The predicted molar refractivity (Wildman–Crippen MR) is 92.7 cm³/mol. The molecule has 3 N–H and O–H groups in total. The van der Waals surface area contributed by atoms with Crippen molar-refractivity contribution in [2.75, 3.05) is 6.54 Å². The molecule has 2 amide bonds. The number of hydrogen-bond acceptors (Lipinski definition) is 4. The Hall–Kier alpha value is -2.24.